The zero-order chi connectivity index (χ0) is 6.97. The summed E-state index contributed by atoms with van der Waals surface area (Å²) in [4.78, 5) is 0. The highest BCUT2D eigenvalue weighted by molar-refractivity contribution is 5.85. The van der Waals surface area contributed by atoms with Crippen LogP contribution in [-0.4, -0.2) is 34.6 Å². The molecule has 0 bridgehead atoms. The average Bonchev–Trinajstić information content (AvgIpc) is 2.34. The molecule has 0 aromatic carbocycles. The molecule has 0 spiro atoms. The summed E-state index contributed by atoms with van der Waals surface area (Å²) in [6.07, 6.45) is 4.61. The number of aliphatic hydroxyl groups is 1. The lowest BCUT2D eigenvalue weighted by Crippen LogP contribution is -2.26. The molecular formula is C8H14NO+. The molecule has 0 aromatic heterocycles. The van der Waals surface area contributed by atoms with Crippen LogP contribution in [0.1, 0.15) is 25.7 Å². The number of hydrogen-bond acceptors (Lipinski definition) is 1. The molecule has 2 heteroatoms. The second-order valence-corrected chi connectivity index (χ2v) is 3.24. The molecule has 2 rings (SSSR count). The summed E-state index contributed by atoms with van der Waals surface area (Å²) in [5.41, 5.74) is 1.31. The van der Waals surface area contributed by atoms with Gasteiger partial charge in [-0.1, -0.05) is 0 Å². The van der Waals surface area contributed by atoms with Gasteiger partial charge in [-0.3, -0.25) is 0 Å². The third-order valence-electron chi connectivity index (χ3n) is 2.57. The molecule has 2 nitrogen and oxygen atoms in total. The average molecular weight is 140 g/mol. The highest BCUT2D eigenvalue weighted by Crippen LogP contribution is 2.16. The summed E-state index contributed by atoms with van der Waals surface area (Å²) < 4.78 is 2.36. The molecular weight excluding hydrogens is 126 g/mol. The Hall–Kier alpha value is -0.370. The van der Waals surface area contributed by atoms with E-state index >= 15 is 0 Å². The number of rotatable bonds is 0. The summed E-state index contributed by atoms with van der Waals surface area (Å²) in [5.74, 6) is 0. The van der Waals surface area contributed by atoms with E-state index in [9.17, 15) is 5.11 Å². The van der Waals surface area contributed by atoms with E-state index in [1.54, 1.807) is 0 Å². The second kappa shape index (κ2) is 2.35. The highest BCUT2D eigenvalue weighted by Gasteiger charge is 2.32. The quantitative estimate of drug-likeness (QED) is 0.483. The molecule has 0 aromatic rings. The Kier molecular flexibility index (Phi) is 1.49. The molecule has 0 saturated carbocycles. The third-order valence-corrected chi connectivity index (χ3v) is 2.57. The molecule has 1 atom stereocenters. The monoisotopic (exact) mass is 140 g/mol. The van der Waals surface area contributed by atoms with E-state index in [0.717, 1.165) is 19.4 Å². The first kappa shape index (κ1) is 6.35. The fraction of sp³-hybridized carbons (Fsp3) is 0.875. The van der Waals surface area contributed by atoms with Crippen LogP contribution in [0.15, 0.2) is 0 Å². The van der Waals surface area contributed by atoms with Crippen molar-refractivity contribution >= 4 is 5.71 Å². The molecule has 2 heterocycles. The zero-order valence-corrected chi connectivity index (χ0v) is 6.21. The van der Waals surface area contributed by atoms with Gasteiger partial charge in [0.1, 0.15) is 19.2 Å². The van der Waals surface area contributed by atoms with E-state index in [1.165, 1.54) is 25.1 Å². The van der Waals surface area contributed by atoms with Crippen LogP contribution in [0.3, 0.4) is 0 Å². The molecule has 0 radical (unpaired) electrons. The van der Waals surface area contributed by atoms with Crippen molar-refractivity contribution in [2.75, 3.05) is 13.1 Å². The van der Waals surface area contributed by atoms with Gasteiger partial charge < -0.3 is 5.11 Å². The molecule has 1 N–H and O–H groups in total. The van der Waals surface area contributed by atoms with E-state index in [-0.39, 0.29) is 6.10 Å². The second-order valence-electron chi connectivity index (χ2n) is 3.24. The van der Waals surface area contributed by atoms with E-state index in [2.05, 4.69) is 4.58 Å². The van der Waals surface area contributed by atoms with Crippen molar-refractivity contribution in [1.29, 1.82) is 0 Å². The fourth-order valence-corrected chi connectivity index (χ4v) is 1.99. The third kappa shape index (κ3) is 0.870. The topological polar surface area (TPSA) is 23.2 Å². The molecule has 2 aliphatic rings. The van der Waals surface area contributed by atoms with Crippen molar-refractivity contribution in [3.63, 3.8) is 0 Å². The van der Waals surface area contributed by atoms with Crippen LogP contribution in [0.5, 0.6) is 0 Å². The maximum absolute atomic E-state index is 9.45. The van der Waals surface area contributed by atoms with Crippen LogP contribution >= 0.6 is 0 Å². The Morgan fingerprint density at radius 2 is 2.20 bits per heavy atom. The molecule has 0 saturated heterocycles. The van der Waals surface area contributed by atoms with Crippen LogP contribution in [0.25, 0.3) is 0 Å². The van der Waals surface area contributed by atoms with E-state index in [0.29, 0.717) is 0 Å². The van der Waals surface area contributed by atoms with Gasteiger partial charge in [0, 0.05) is 19.3 Å². The van der Waals surface area contributed by atoms with Crippen molar-refractivity contribution in [3.8, 4) is 0 Å². The Morgan fingerprint density at radius 3 is 3.00 bits per heavy atom. The van der Waals surface area contributed by atoms with E-state index in [1.807, 2.05) is 0 Å². The van der Waals surface area contributed by atoms with Gasteiger partial charge >= 0.3 is 0 Å². The molecule has 0 unspecified atom stereocenters. The fourth-order valence-electron chi connectivity index (χ4n) is 1.99. The maximum Gasteiger partial charge on any atom is 0.181 e. The van der Waals surface area contributed by atoms with Crippen LogP contribution in [0.2, 0.25) is 0 Å². The number of aliphatic hydroxyl groups excluding tert-OH is 1. The predicted molar refractivity (Wildman–Crippen MR) is 39.5 cm³/mol. The lowest BCUT2D eigenvalue weighted by molar-refractivity contribution is -0.525. The van der Waals surface area contributed by atoms with Crippen LogP contribution in [0.4, 0.5) is 0 Å². The van der Waals surface area contributed by atoms with Crippen LogP contribution in [0, 0.1) is 0 Å². The summed E-state index contributed by atoms with van der Waals surface area (Å²) in [6.45, 7) is 2.28. The van der Waals surface area contributed by atoms with E-state index in [4.69, 9.17) is 0 Å². The largest absolute Gasteiger partial charge is 0.382 e. The standard InChI is InChI=1S/C8H14NO/c10-8-4-6-9-5-2-1-3-7(8)9/h8,10H,1-6H2/q+1/t8-/m1/s1. The van der Waals surface area contributed by atoms with Gasteiger partial charge in [0.15, 0.2) is 5.71 Å². The van der Waals surface area contributed by atoms with Crippen molar-refractivity contribution in [3.05, 3.63) is 0 Å². The molecule has 10 heavy (non-hydrogen) atoms. The van der Waals surface area contributed by atoms with Gasteiger partial charge in [-0.05, 0) is 6.42 Å². The Bertz CT molecular complexity index is 174. The van der Waals surface area contributed by atoms with Gasteiger partial charge in [0.2, 0.25) is 0 Å². The predicted octanol–water partition coefficient (Wildman–Crippen LogP) is 0.388. The van der Waals surface area contributed by atoms with E-state index < -0.39 is 0 Å². The Balaban J connectivity index is 2.20. The first-order valence-corrected chi connectivity index (χ1v) is 4.16. The molecule has 0 fully saturated rings. The van der Waals surface area contributed by atoms with Gasteiger partial charge in [-0.25, -0.2) is 4.58 Å². The molecule has 2 aliphatic heterocycles. The Morgan fingerprint density at radius 1 is 1.30 bits per heavy atom. The first-order valence-electron chi connectivity index (χ1n) is 4.16. The van der Waals surface area contributed by atoms with Crippen LogP contribution in [-0.2, 0) is 0 Å². The van der Waals surface area contributed by atoms with Crippen molar-refractivity contribution < 1.29 is 9.68 Å². The smallest absolute Gasteiger partial charge is 0.181 e. The lowest BCUT2D eigenvalue weighted by Gasteiger charge is -2.08. The molecule has 56 valence electrons. The van der Waals surface area contributed by atoms with Crippen molar-refractivity contribution in [2.45, 2.75) is 31.8 Å². The zero-order valence-electron chi connectivity index (χ0n) is 6.21. The first-order chi connectivity index (χ1) is 4.88. The molecule has 0 aliphatic carbocycles. The Labute approximate surface area is 61.2 Å². The van der Waals surface area contributed by atoms with Gasteiger partial charge in [-0.15, -0.1) is 0 Å². The van der Waals surface area contributed by atoms with Crippen molar-refractivity contribution in [2.24, 2.45) is 0 Å². The maximum atomic E-state index is 9.45. The molecule has 0 amide bonds. The van der Waals surface area contributed by atoms with Gasteiger partial charge in [0.05, 0.1) is 0 Å². The summed E-state index contributed by atoms with van der Waals surface area (Å²) in [6, 6.07) is 0. The van der Waals surface area contributed by atoms with Crippen LogP contribution < -0.4 is 0 Å². The van der Waals surface area contributed by atoms with Gasteiger partial charge in [-0.2, -0.15) is 0 Å². The summed E-state index contributed by atoms with van der Waals surface area (Å²) >= 11 is 0. The lowest BCUT2D eigenvalue weighted by atomic mass is 10.1. The van der Waals surface area contributed by atoms with Gasteiger partial charge in [0.25, 0.3) is 0 Å². The SMILES string of the molecule is O[C@@H]1CC[N+]2=C1CCCC2. The number of hydrogen-bond donors (Lipinski definition) is 1. The highest BCUT2D eigenvalue weighted by atomic mass is 16.3. The summed E-state index contributed by atoms with van der Waals surface area (Å²) in [5, 5.41) is 9.45. The number of nitrogens with zero attached hydrogens (tertiary/aromatic N) is 1. The minimum Gasteiger partial charge on any atom is -0.382 e. The minimum atomic E-state index is -0.0969. The minimum absolute atomic E-state index is 0.0969. The summed E-state index contributed by atoms with van der Waals surface area (Å²) in [7, 11) is 0. The normalized spacial score (nSPS) is 32.7. The van der Waals surface area contributed by atoms with Crippen molar-refractivity contribution in [1.82, 2.24) is 0 Å².